The number of amides is 1. The maximum absolute atomic E-state index is 11.7. The van der Waals surface area contributed by atoms with Gasteiger partial charge in [0.15, 0.2) is 5.13 Å². The Morgan fingerprint density at radius 2 is 2.33 bits per heavy atom. The zero-order valence-corrected chi connectivity index (χ0v) is 10.1. The van der Waals surface area contributed by atoms with Crippen molar-refractivity contribution in [3.8, 4) is 0 Å². The molecule has 0 spiro atoms. The Kier molecular flexibility index (Phi) is 3.68. The van der Waals surface area contributed by atoms with Crippen molar-refractivity contribution in [3.63, 3.8) is 0 Å². The lowest BCUT2D eigenvalue weighted by molar-refractivity contribution is 0.0904. The molecule has 0 aliphatic rings. The van der Waals surface area contributed by atoms with Crippen LogP contribution in [0.3, 0.4) is 0 Å². The maximum atomic E-state index is 11.7. The summed E-state index contributed by atoms with van der Waals surface area (Å²) >= 11 is 1.28. The molecule has 0 atom stereocenters. The van der Waals surface area contributed by atoms with Gasteiger partial charge in [0.05, 0.1) is 0 Å². The standard InChI is InChI=1S/C10H17N3OS/c1-4-5-10(2,3)13-8(14)7-6-15-9(11)12-7/h6H,4-5H2,1-3H3,(H2,11,12)(H,13,14). The van der Waals surface area contributed by atoms with Gasteiger partial charge in [0.25, 0.3) is 5.91 Å². The molecule has 0 radical (unpaired) electrons. The fourth-order valence-corrected chi connectivity index (χ4v) is 1.99. The van der Waals surface area contributed by atoms with Crippen LogP contribution >= 0.6 is 11.3 Å². The number of aromatic nitrogens is 1. The van der Waals surface area contributed by atoms with E-state index < -0.39 is 0 Å². The van der Waals surface area contributed by atoms with Crippen LogP contribution in [-0.2, 0) is 0 Å². The van der Waals surface area contributed by atoms with Crippen molar-refractivity contribution in [2.45, 2.75) is 39.2 Å². The number of nitrogens with one attached hydrogen (secondary N) is 1. The summed E-state index contributed by atoms with van der Waals surface area (Å²) < 4.78 is 0. The topological polar surface area (TPSA) is 68.0 Å². The number of nitrogens with zero attached hydrogens (tertiary/aromatic N) is 1. The van der Waals surface area contributed by atoms with Gasteiger partial charge in [0.2, 0.25) is 0 Å². The molecular weight excluding hydrogens is 210 g/mol. The Balaban J connectivity index is 2.63. The number of thiazole rings is 1. The van der Waals surface area contributed by atoms with Crippen molar-refractivity contribution in [2.24, 2.45) is 0 Å². The van der Waals surface area contributed by atoms with Gasteiger partial charge in [0.1, 0.15) is 5.69 Å². The van der Waals surface area contributed by atoms with E-state index in [2.05, 4.69) is 17.2 Å². The second-order valence-electron chi connectivity index (χ2n) is 4.16. The summed E-state index contributed by atoms with van der Waals surface area (Å²) in [6.07, 6.45) is 1.98. The van der Waals surface area contributed by atoms with Gasteiger partial charge in [-0.25, -0.2) is 4.98 Å². The molecule has 1 aromatic heterocycles. The summed E-state index contributed by atoms with van der Waals surface area (Å²) in [4.78, 5) is 15.7. The molecule has 0 bridgehead atoms. The van der Waals surface area contributed by atoms with Crippen molar-refractivity contribution in [3.05, 3.63) is 11.1 Å². The van der Waals surface area contributed by atoms with Crippen LogP contribution in [0.2, 0.25) is 0 Å². The van der Waals surface area contributed by atoms with Gasteiger partial charge in [-0.05, 0) is 20.3 Å². The van der Waals surface area contributed by atoms with Crippen LogP contribution in [0, 0.1) is 0 Å². The van der Waals surface area contributed by atoms with E-state index in [1.165, 1.54) is 11.3 Å². The van der Waals surface area contributed by atoms with E-state index in [0.29, 0.717) is 10.8 Å². The van der Waals surface area contributed by atoms with Crippen molar-refractivity contribution in [2.75, 3.05) is 5.73 Å². The predicted octanol–water partition coefficient (Wildman–Crippen LogP) is 2.03. The van der Waals surface area contributed by atoms with Crippen LogP contribution in [0.15, 0.2) is 5.38 Å². The van der Waals surface area contributed by atoms with Crippen molar-refractivity contribution >= 4 is 22.4 Å². The number of anilines is 1. The molecule has 1 amide bonds. The van der Waals surface area contributed by atoms with Crippen LogP contribution in [0.5, 0.6) is 0 Å². The van der Waals surface area contributed by atoms with Gasteiger partial charge in [-0.1, -0.05) is 13.3 Å². The Labute approximate surface area is 93.9 Å². The lowest BCUT2D eigenvalue weighted by atomic mass is 9.99. The van der Waals surface area contributed by atoms with E-state index in [4.69, 9.17) is 5.73 Å². The average Bonchev–Trinajstić information content (AvgIpc) is 2.50. The normalized spacial score (nSPS) is 11.4. The Morgan fingerprint density at radius 1 is 1.67 bits per heavy atom. The first kappa shape index (κ1) is 12.0. The first-order valence-corrected chi connectivity index (χ1v) is 5.86. The van der Waals surface area contributed by atoms with Gasteiger partial charge in [-0.2, -0.15) is 0 Å². The number of hydrogen-bond donors (Lipinski definition) is 2. The van der Waals surface area contributed by atoms with Crippen molar-refractivity contribution < 1.29 is 4.79 Å². The average molecular weight is 227 g/mol. The van der Waals surface area contributed by atoms with E-state index in [1.807, 2.05) is 13.8 Å². The highest BCUT2D eigenvalue weighted by Gasteiger charge is 2.21. The molecule has 0 saturated heterocycles. The summed E-state index contributed by atoms with van der Waals surface area (Å²) in [5, 5.41) is 5.03. The molecule has 1 rings (SSSR count). The third-order valence-electron chi connectivity index (χ3n) is 2.08. The van der Waals surface area contributed by atoms with Gasteiger partial charge in [-0.3, -0.25) is 4.79 Å². The Hall–Kier alpha value is -1.10. The molecule has 0 fully saturated rings. The van der Waals surface area contributed by atoms with Crippen LogP contribution < -0.4 is 11.1 Å². The maximum Gasteiger partial charge on any atom is 0.271 e. The second kappa shape index (κ2) is 4.61. The zero-order valence-electron chi connectivity index (χ0n) is 9.33. The quantitative estimate of drug-likeness (QED) is 0.827. The van der Waals surface area contributed by atoms with E-state index in [9.17, 15) is 4.79 Å². The molecule has 5 heteroatoms. The predicted molar refractivity (Wildman–Crippen MR) is 63.0 cm³/mol. The van der Waals surface area contributed by atoms with E-state index >= 15 is 0 Å². The number of rotatable bonds is 4. The SMILES string of the molecule is CCCC(C)(C)NC(=O)c1csc(N)n1. The number of nitrogen functional groups attached to an aromatic ring is 1. The monoisotopic (exact) mass is 227 g/mol. The molecule has 1 heterocycles. The van der Waals surface area contributed by atoms with Crippen LogP contribution in [0.1, 0.15) is 44.1 Å². The second-order valence-corrected chi connectivity index (χ2v) is 5.05. The molecular formula is C10H17N3OS. The molecule has 84 valence electrons. The zero-order chi connectivity index (χ0) is 11.5. The van der Waals surface area contributed by atoms with E-state index in [1.54, 1.807) is 5.38 Å². The largest absolute Gasteiger partial charge is 0.375 e. The van der Waals surface area contributed by atoms with E-state index in [0.717, 1.165) is 12.8 Å². The number of nitrogens with two attached hydrogens (primary N) is 1. The summed E-state index contributed by atoms with van der Waals surface area (Å²) in [5.41, 5.74) is 5.68. The third kappa shape index (κ3) is 3.51. The number of carbonyl (C=O) groups is 1. The molecule has 0 aliphatic carbocycles. The van der Waals surface area contributed by atoms with Crippen molar-refractivity contribution in [1.29, 1.82) is 0 Å². The molecule has 4 nitrogen and oxygen atoms in total. The Morgan fingerprint density at radius 3 is 2.80 bits per heavy atom. The molecule has 1 aromatic rings. The highest BCUT2D eigenvalue weighted by molar-refractivity contribution is 7.13. The van der Waals surface area contributed by atoms with Gasteiger partial charge >= 0.3 is 0 Å². The van der Waals surface area contributed by atoms with Gasteiger partial charge in [-0.15, -0.1) is 11.3 Å². The molecule has 0 aliphatic heterocycles. The fourth-order valence-electron chi connectivity index (χ4n) is 1.45. The minimum absolute atomic E-state index is 0.151. The summed E-state index contributed by atoms with van der Waals surface area (Å²) in [7, 11) is 0. The van der Waals surface area contributed by atoms with Crippen LogP contribution in [0.25, 0.3) is 0 Å². The van der Waals surface area contributed by atoms with E-state index in [-0.39, 0.29) is 11.4 Å². The smallest absolute Gasteiger partial charge is 0.271 e. The van der Waals surface area contributed by atoms with Crippen LogP contribution in [0.4, 0.5) is 5.13 Å². The summed E-state index contributed by atoms with van der Waals surface area (Å²) in [6.45, 7) is 6.10. The molecule has 0 aromatic carbocycles. The molecule has 3 N–H and O–H groups in total. The summed E-state index contributed by atoms with van der Waals surface area (Å²) in [5.74, 6) is -0.151. The number of carbonyl (C=O) groups excluding carboxylic acids is 1. The minimum atomic E-state index is -0.190. The molecule has 15 heavy (non-hydrogen) atoms. The van der Waals surface area contributed by atoms with Gasteiger partial charge in [0, 0.05) is 10.9 Å². The minimum Gasteiger partial charge on any atom is -0.375 e. The molecule has 0 saturated carbocycles. The molecule has 0 unspecified atom stereocenters. The third-order valence-corrected chi connectivity index (χ3v) is 2.76. The van der Waals surface area contributed by atoms with Crippen LogP contribution in [-0.4, -0.2) is 16.4 Å². The van der Waals surface area contributed by atoms with Crippen molar-refractivity contribution in [1.82, 2.24) is 10.3 Å². The lowest BCUT2D eigenvalue weighted by Crippen LogP contribution is -2.43. The first-order chi connectivity index (χ1) is 6.94. The number of hydrogen-bond acceptors (Lipinski definition) is 4. The Bertz CT molecular complexity index is 346. The summed E-state index contributed by atoms with van der Waals surface area (Å²) in [6, 6.07) is 0. The first-order valence-electron chi connectivity index (χ1n) is 4.98. The highest BCUT2D eigenvalue weighted by atomic mass is 32.1. The highest BCUT2D eigenvalue weighted by Crippen LogP contribution is 2.14. The van der Waals surface area contributed by atoms with Gasteiger partial charge < -0.3 is 11.1 Å². The fraction of sp³-hybridized carbons (Fsp3) is 0.600. The lowest BCUT2D eigenvalue weighted by Gasteiger charge is -2.25.